The minimum Gasteiger partial charge on any atom is -0.390 e. The Morgan fingerprint density at radius 3 is 2.67 bits per heavy atom. The monoisotopic (exact) mass is 430 g/mol. The van der Waals surface area contributed by atoms with E-state index in [9.17, 15) is 10.2 Å². The third-order valence-corrected chi connectivity index (χ3v) is 5.57. The van der Waals surface area contributed by atoms with Gasteiger partial charge in [0.1, 0.15) is 0 Å². The summed E-state index contributed by atoms with van der Waals surface area (Å²) in [6, 6.07) is 3.85. The van der Waals surface area contributed by atoms with E-state index in [1.54, 1.807) is 37.1 Å². The summed E-state index contributed by atoms with van der Waals surface area (Å²) in [5, 5.41) is 29.1. The molecule has 0 spiro atoms. The van der Waals surface area contributed by atoms with Crippen molar-refractivity contribution in [2.75, 3.05) is 23.3 Å². The molecule has 0 bridgehead atoms. The van der Waals surface area contributed by atoms with Crippen LogP contribution in [0.25, 0.3) is 10.9 Å². The van der Waals surface area contributed by atoms with Gasteiger partial charge in [0.2, 0.25) is 5.95 Å². The van der Waals surface area contributed by atoms with Gasteiger partial charge in [0.05, 0.1) is 45.9 Å². The molecule has 3 heterocycles. The van der Waals surface area contributed by atoms with Gasteiger partial charge in [-0.05, 0) is 45.7 Å². The molecule has 1 aliphatic rings. The van der Waals surface area contributed by atoms with Crippen LogP contribution in [0.4, 0.5) is 17.3 Å². The number of hydrogen-bond donors (Lipinski definition) is 3. The molecular weight excluding hydrogens is 404 g/mol. The molecule has 1 fully saturated rings. The Kier molecular flexibility index (Phi) is 5.34. The van der Waals surface area contributed by atoms with E-state index < -0.39 is 11.2 Å². The van der Waals surface area contributed by atoms with Crippen LogP contribution in [0.2, 0.25) is 5.02 Å². The van der Waals surface area contributed by atoms with Crippen molar-refractivity contribution in [2.45, 2.75) is 51.4 Å². The first kappa shape index (κ1) is 20.8. The quantitative estimate of drug-likeness (QED) is 0.570. The predicted octanol–water partition coefficient (Wildman–Crippen LogP) is 3.35. The number of nitrogens with zero attached hydrogens (tertiary/aromatic N) is 5. The number of piperidine rings is 1. The van der Waals surface area contributed by atoms with Crippen LogP contribution in [-0.4, -0.2) is 54.3 Å². The van der Waals surface area contributed by atoms with Gasteiger partial charge in [0.25, 0.3) is 0 Å². The second-order valence-corrected chi connectivity index (χ2v) is 9.31. The van der Waals surface area contributed by atoms with Crippen LogP contribution in [0.3, 0.4) is 0 Å². The van der Waals surface area contributed by atoms with Crippen molar-refractivity contribution in [2.24, 2.45) is 0 Å². The second-order valence-electron chi connectivity index (χ2n) is 8.90. The molecule has 0 unspecified atom stereocenters. The van der Waals surface area contributed by atoms with Gasteiger partial charge in [0, 0.05) is 30.9 Å². The van der Waals surface area contributed by atoms with Crippen molar-refractivity contribution in [1.29, 1.82) is 0 Å². The number of anilines is 3. The maximum atomic E-state index is 10.2. The molecule has 0 atom stereocenters. The molecule has 1 aromatic carbocycles. The van der Waals surface area contributed by atoms with Crippen LogP contribution < -0.4 is 10.2 Å². The summed E-state index contributed by atoms with van der Waals surface area (Å²) in [6.45, 7) is 7.23. The second kappa shape index (κ2) is 7.68. The zero-order valence-electron chi connectivity index (χ0n) is 17.4. The van der Waals surface area contributed by atoms with Gasteiger partial charge >= 0.3 is 0 Å². The average Bonchev–Trinajstić information content (AvgIpc) is 3.06. The first-order valence-corrected chi connectivity index (χ1v) is 10.4. The highest BCUT2D eigenvalue weighted by Gasteiger charge is 2.28. The van der Waals surface area contributed by atoms with Gasteiger partial charge in [-0.1, -0.05) is 11.6 Å². The molecule has 9 heteroatoms. The van der Waals surface area contributed by atoms with E-state index in [0.717, 1.165) is 35.4 Å². The van der Waals surface area contributed by atoms with Gasteiger partial charge in [-0.3, -0.25) is 4.68 Å². The first-order chi connectivity index (χ1) is 14.1. The lowest BCUT2D eigenvalue weighted by Crippen LogP contribution is -2.42. The molecule has 0 radical (unpaired) electrons. The van der Waals surface area contributed by atoms with Gasteiger partial charge in [0.15, 0.2) is 0 Å². The molecule has 2 aromatic heterocycles. The number of halogens is 1. The molecular formula is C21H27ClN6O2. The first-order valence-electron chi connectivity index (χ1n) is 10.0. The average molecular weight is 431 g/mol. The zero-order valence-corrected chi connectivity index (χ0v) is 18.2. The summed E-state index contributed by atoms with van der Waals surface area (Å²) in [5.74, 6) is 0.458. The van der Waals surface area contributed by atoms with Crippen LogP contribution in [-0.2, 0) is 6.54 Å². The number of nitrogens with one attached hydrogen (secondary N) is 1. The number of aliphatic hydroxyl groups is 2. The van der Waals surface area contributed by atoms with Crippen molar-refractivity contribution < 1.29 is 10.2 Å². The zero-order chi connectivity index (χ0) is 21.5. The van der Waals surface area contributed by atoms with E-state index >= 15 is 0 Å². The molecule has 4 rings (SSSR count). The molecule has 3 aromatic rings. The van der Waals surface area contributed by atoms with E-state index in [1.807, 2.05) is 19.1 Å². The Morgan fingerprint density at radius 2 is 1.97 bits per heavy atom. The van der Waals surface area contributed by atoms with E-state index in [1.165, 1.54) is 0 Å². The third-order valence-electron chi connectivity index (χ3n) is 5.27. The lowest BCUT2D eigenvalue weighted by atomic mass is 9.93. The molecule has 30 heavy (non-hydrogen) atoms. The molecule has 8 nitrogen and oxygen atoms in total. The molecule has 3 N–H and O–H groups in total. The fourth-order valence-corrected chi connectivity index (χ4v) is 3.90. The molecule has 160 valence electrons. The number of aromatic nitrogens is 4. The Labute approximate surface area is 180 Å². The largest absolute Gasteiger partial charge is 0.390 e. The van der Waals surface area contributed by atoms with Crippen molar-refractivity contribution in [3.8, 4) is 0 Å². The minimum atomic E-state index is -0.847. The third kappa shape index (κ3) is 4.83. The predicted molar refractivity (Wildman–Crippen MR) is 118 cm³/mol. The van der Waals surface area contributed by atoms with E-state index in [2.05, 4.69) is 25.3 Å². The summed E-state index contributed by atoms with van der Waals surface area (Å²) in [5.41, 5.74) is 0.983. The number of hydrogen-bond acceptors (Lipinski definition) is 7. The highest BCUT2D eigenvalue weighted by molar-refractivity contribution is 6.34. The maximum absolute atomic E-state index is 10.2. The van der Waals surface area contributed by atoms with Gasteiger partial charge in [-0.15, -0.1) is 0 Å². The summed E-state index contributed by atoms with van der Waals surface area (Å²) in [6.07, 6.45) is 6.62. The molecule has 1 aliphatic heterocycles. The van der Waals surface area contributed by atoms with Crippen molar-refractivity contribution in [3.05, 3.63) is 35.7 Å². The van der Waals surface area contributed by atoms with E-state index in [4.69, 9.17) is 11.6 Å². The van der Waals surface area contributed by atoms with Crippen molar-refractivity contribution in [1.82, 2.24) is 19.7 Å². The van der Waals surface area contributed by atoms with Crippen LogP contribution >= 0.6 is 11.6 Å². The summed E-state index contributed by atoms with van der Waals surface area (Å²) < 4.78 is 1.67. The number of fused-ring (bicyclic) bond motifs is 1. The van der Waals surface area contributed by atoms with E-state index in [-0.39, 0.29) is 0 Å². The van der Waals surface area contributed by atoms with Crippen LogP contribution in [0.1, 0.15) is 33.6 Å². The summed E-state index contributed by atoms with van der Waals surface area (Å²) >= 11 is 6.53. The number of rotatable bonds is 5. The van der Waals surface area contributed by atoms with Crippen molar-refractivity contribution >= 4 is 39.8 Å². The smallest absolute Gasteiger partial charge is 0.227 e. The summed E-state index contributed by atoms with van der Waals surface area (Å²) in [4.78, 5) is 11.2. The van der Waals surface area contributed by atoms with Gasteiger partial charge in [-0.2, -0.15) is 5.10 Å². The molecule has 0 aliphatic carbocycles. The van der Waals surface area contributed by atoms with Crippen LogP contribution in [0.15, 0.2) is 30.7 Å². The molecule has 0 amide bonds. The standard InChI is InChI=1S/C21H27ClN6O2/c1-20(2,29)13-28-12-15(11-24-28)25-19-23-10-14-8-16(22)18(9-17(14)26-19)27-6-4-21(3,30)5-7-27/h8-12,29-30H,4-7,13H2,1-3H3,(H,23,25,26). The van der Waals surface area contributed by atoms with Crippen LogP contribution in [0, 0.1) is 0 Å². The van der Waals surface area contributed by atoms with Crippen molar-refractivity contribution in [3.63, 3.8) is 0 Å². The Morgan fingerprint density at radius 1 is 1.23 bits per heavy atom. The fourth-order valence-electron chi connectivity index (χ4n) is 3.61. The number of benzene rings is 1. The van der Waals surface area contributed by atoms with E-state index in [0.29, 0.717) is 30.4 Å². The fraction of sp³-hybridized carbons (Fsp3) is 0.476. The Balaban J connectivity index is 1.55. The molecule has 0 saturated carbocycles. The SMILES string of the molecule is CC(C)(O)Cn1cc(Nc2ncc3cc(Cl)c(N4CCC(C)(O)CC4)cc3n2)cn1. The normalized spacial score (nSPS) is 16.8. The Bertz CT molecular complexity index is 1050. The van der Waals surface area contributed by atoms with Gasteiger partial charge in [-0.25, -0.2) is 9.97 Å². The maximum Gasteiger partial charge on any atom is 0.227 e. The lowest BCUT2D eigenvalue weighted by Gasteiger charge is -2.37. The highest BCUT2D eigenvalue weighted by Crippen LogP contribution is 2.34. The topological polar surface area (TPSA) is 99.3 Å². The Hall–Kier alpha value is -2.42. The highest BCUT2D eigenvalue weighted by atomic mass is 35.5. The lowest BCUT2D eigenvalue weighted by molar-refractivity contribution is 0.0351. The summed E-state index contributed by atoms with van der Waals surface area (Å²) in [7, 11) is 0. The minimum absolute atomic E-state index is 0.387. The van der Waals surface area contributed by atoms with Gasteiger partial charge < -0.3 is 20.4 Å². The van der Waals surface area contributed by atoms with Crippen LogP contribution in [0.5, 0.6) is 0 Å². The molecule has 1 saturated heterocycles.